The number of amides is 3. The number of benzene rings is 1. The summed E-state index contributed by atoms with van der Waals surface area (Å²) in [6, 6.07) is 5.78. The fourth-order valence-corrected chi connectivity index (χ4v) is 4.43. The second-order valence-electron chi connectivity index (χ2n) is 8.06. The van der Waals surface area contributed by atoms with E-state index in [1.807, 2.05) is 18.2 Å². The van der Waals surface area contributed by atoms with Crippen molar-refractivity contribution in [2.75, 3.05) is 20.2 Å². The molecule has 2 fully saturated rings. The molecule has 156 valence electrons. The molecule has 0 radical (unpaired) electrons. The van der Waals surface area contributed by atoms with Gasteiger partial charge in [0.05, 0.1) is 6.10 Å². The number of hydrogen-bond acceptors (Lipinski definition) is 6. The normalized spacial score (nSPS) is 26.7. The van der Waals surface area contributed by atoms with Gasteiger partial charge >= 0.3 is 0 Å². The van der Waals surface area contributed by atoms with Gasteiger partial charge in [0, 0.05) is 44.8 Å². The van der Waals surface area contributed by atoms with Crippen LogP contribution in [0.3, 0.4) is 0 Å². The minimum atomic E-state index is -0.566. The molecule has 4 rings (SSSR count). The lowest BCUT2D eigenvalue weighted by Crippen LogP contribution is -2.52. The van der Waals surface area contributed by atoms with E-state index in [-0.39, 0.29) is 24.1 Å². The Balaban J connectivity index is 1.29. The number of nitrogens with zero attached hydrogens (tertiary/aromatic N) is 1. The van der Waals surface area contributed by atoms with Gasteiger partial charge < -0.3 is 20.3 Å². The minimum Gasteiger partial charge on any atom is -0.380 e. The average Bonchev–Trinajstić information content (AvgIpc) is 3.30. The predicted octanol–water partition coefficient (Wildman–Crippen LogP) is 0.304. The van der Waals surface area contributed by atoms with Gasteiger partial charge in [0.25, 0.3) is 5.91 Å². The maximum Gasteiger partial charge on any atom is 0.255 e. The third kappa shape index (κ3) is 4.34. The molecule has 1 aromatic carbocycles. The summed E-state index contributed by atoms with van der Waals surface area (Å²) in [6.07, 6.45) is 3.08. The van der Waals surface area contributed by atoms with E-state index in [9.17, 15) is 14.4 Å². The van der Waals surface area contributed by atoms with Crippen molar-refractivity contribution in [3.8, 4) is 0 Å². The van der Waals surface area contributed by atoms with Gasteiger partial charge in [-0.2, -0.15) is 0 Å². The predicted molar refractivity (Wildman–Crippen MR) is 106 cm³/mol. The minimum absolute atomic E-state index is 0.131. The molecule has 1 aromatic rings. The molecule has 29 heavy (non-hydrogen) atoms. The van der Waals surface area contributed by atoms with Crippen LogP contribution in [-0.4, -0.2) is 61.0 Å². The Morgan fingerprint density at radius 1 is 1.28 bits per heavy atom. The lowest BCUT2D eigenvalue weighted by Gasteiger charge is -2.29. The van der Waals surface area contributed by atoms with Crippen LogP contribution in [0, 0.1) is 0 Å². The highest BCUT2D eigenvalue weighted by atomic mass is 16.5. The zero-order valence-electron chi connectivity index (χ0n) is 16.7. The quantitative estimate of drug-likeness (QED) is 0.450. The molecule has 3 N–H and O–H groups in total. The van der Waals surface area contributed by atoms with Gasteiger partial charge in [-0.15, -0.1) is 0 Å². The van der Waals surface area contributed by atoms with E-state index in [4.69, 9.17) is 4.74 Å². The van der Waals surface area contributed by atoms with Gasteiger partial charge in [-0.05, 0) is 43.0 Å². The van der Waals surface area contributed by atoms with E-state index in [0.29, 0.717) is 30.7 Å². The lowest BCUT2D eigenvalue weighted by atomic mass is 10.0. The fraction of sp³-hybridized carbons (Fsp3) is 0.571. The maximum atomic E-state index is 12.7. The monoisotopic (exact) mass is 400 g/mol. The second kappa shape index (κ2) is 8.61. The van der Waals surface area contributed by atoms with Crippen molar-refractivity contribution < 1.29 is 19.1 Å². The average molecular weight is 400 g/mol. The molecule has 8 nitrogen and oxygen atoms in total. The van der Waals surface area contributed by atoms with Crippen LogP contribution in [-0.2, 0) is 27.4 Å². The molecule has 8 heteroatoms. The molecule has 0 spiro atoms. The van der Waals surface area contributed by atoms with Crippen molar-refractivity contribution >= 4 is 17.7 Å². The van der Waals surface area contributed by atoms with Gasteiger partial charge in [-0.1, -0.05) is 12.1 Å². The summed E-state index contributed by atoms with van der Waals surface area (Å²) in [6.45, 7) is 2.98. The maximum absolute atomic E-state index is 12.7. The van der Waals surface area contributed by atoms with E-state index >= 15 is 0 Å². The summed E-state index contributed by atoms with van der Waals surface area (Å²) in [5.74, 6) is -0.774. The SMILES string of the molecule is CO[C@@H]1CN[C@H](CCNCc2ccc3c(c2)CN(C2CCC(=O)NC2=O)C3=O)C1. The van der Waals surface area contributed by atoms with Gasteiger partial charge in [0.15, 0.2) is 0 Å². The number of carbonyl (C=O) groups is 3. The third-order valence-electron chi connectivity index (χ3n) is 6.10. The summed E-state index contributed by atoms with van der Waals surface area (Å²) >= 11 is 0. The van der Waals surface area contributed by atoms with E-state index in [1.165, 1.54) is 0 Å². The number of carbonyl (C=O) groups excluding carboxylic acids is 3. The number of nitrogens with one attached hydrogen (secondary N) is 3. The molecule has 0 aliphatic carbocycles. The Kier molecular flexibility index (Phi) is 5.94. The standard InChI is InChI=1S/C21H28N4O4/c1-29-16-9-15(23-11-16)6-7-22-10-13-2-3-17-14(8-13)12-25(21(17)28)18-4-5-19(26)24-20(18)27/h2-3,8,15-16,18,22-23H,4-7,9-12H2,1H3,(H,24,26,27)/t15-,16+,18?/m1/s1. The number of imide groups is 1. The summed E-state index contributed by atoms with van der Waals surface area (Å²) in [5.41, 5.74) is 2.72. The highest BCUT2D eigenvalue weighted by Gasteiger charge is 2.39. The largest absolute Gasteiger partial charge is 0.380 e. The Bertz CT molecular complexity index is 812. The Hall–Kier alpha value is -2.29. The Morgan fingerprint density at radius 3 is 2.90 bits per heavy atom. The van der Waals surface area contributed by atoms with Gasteiger partial charge in [-0.25, -0.2) is 0 Å². The van der Waals surface area contributed by atoms with E-state index in [1.54, 1.807) is 12.0 Å². The molecule has 0 saturated carbocycles. The molecule has 3 amide bonds. The van der Waals surface area contributed by atoms with Crippen LogP contribution in [0.2, 0.25) is 0 Å². The zero-order valence-corrected chi connectivity index (χ0v) is 16.7. The molecule has 3 heterocycles. The summed E-state index contributed by atoms with van der Waals surface area (Å²) in [7, 11) is 1.76. The van der Waals surface area contributed by atoms with Gasteiger partial charge in [0.2, 0.25) is 11.8 Å². The number of hydrogen-bond donors (Lipinski definition) is 3. The van der Waals surface area contributed by atoms with Crippen molar-refractivity contribution in [3.63, 3.8) is 0 Å². The van der Waals surface area contributed by atoms with Crippen LogP contribution in [0.5, 0.6) is 0 Å². The topological polar surface area (TPSA) is 99.8 Å². The van der Waals surface area contributed by atoms with Crippen LogP contribution < -0.4 is 16.0 Å². The number of ether oxygens (including phenoxy) is 1. The molecule has 2 saturated heterocycles. The first-order valence-electron chi connectivity index (χ1n) is 10.3. The molecule has 3 aliphatic heterocycles. The van der Waals surface area contributed by atoms with Gasteiger partial charge in [-0.3, -0.25) is 19.7 Å². The molecule has 1 unspecified atom stereocenters. The molecule has 0 aromatic heterocycles. The molecular weight excluding hydrogens is 372 g/mol. The van der Waals surface area contributed by atoms with Crippen LogP contribution in [0.4, 0.5) is 0 Å². The van der Waals surface area contributed by atoms with Crippen LogP contribution in [0.1, 0.15) is 47.2 Å². The smallest absolute Gasteiger partial charge is 0.255 e. The zero-order chi connectivity index (χ0) is 20.4. The number of fused-ring (bicyclic) bond motifs is 1. The number of rotatable bonds is 7. The highest BCUT2D eigenvalue weighted by molar-refractivity contribution is 6.05. The lowest BCUT2D eigenvalue weighted by molar-refractivity contribution is -0.136. The first-order valence-corrected chi connectivity index (χ1v) is 10.3. The second-order valence-corrected chi connectivity index (χ2v) is 8.06. The Labute approximate surface area is 170 Å². The van der Waals surface area contributed by atoms with Crippen LogP contribution >= 0.6 is 0 Å². The molecule has 3 atom stereocenters. The Morgan fingerprint density at radius 2 is 2.14 bits per heavy atom. The number of piperidine rings is 1. The molecule has 3 aliphatic rings. The van der Waals surface area contributed by atoms with Crippen LogP contribution in [0.25, 0.3) is 0 Å². The van der Waals surface area contributed by atoms with E-state index in [0.717, 1.165) is 43.6 Å². The molecular formula is C21H28N4O4. The van der Waals surface area contributed by atoms with Crippen LogP contribution in [0.15, 0.2) is 18.2 Å². The third-order valence-corrected chi connectivity index (χ3v) is 6.10. The van der Waals surface area contributed by atoms with Crippen molar-refractivity contribution in [2.45, 2.75) is 57.0 Å². The van der Waals surface area contributed by atoms with E-state index < -0.39 is 6.04 Å². The fourth-order valence-electron chi connectivity index (χ4n) is 4.43. The van der Waals surface area contributed by atoms with E-state index in [2.05, 4.69) is 16.0 Å². The molecule has 0 bridgehead atoms. The summed E-state index contributed by atoms with van der Waals surface area (Å²) in [4.78, 5) is 37.8. The summed E-state index contributed by atoms with van der Waals surface area (Å²) < 4.78 is 5.38. The highest BCUT2D eigenvalue weighted by Crippen LogP contribution is 2.28. The first kappa shape index (κ1) is 20.0. The van der Waals surface area contributed by atoms with Gasteiger partial charge in [0.1, 0.15) is 6.04 Å². The van der Waals surface area contributed by atoms with Crippen molar-refractivity contribution in [1.82, 2.24) is 20.9 Å². The van der Waals surface area contributed by atoms with Crippen molar-refractivity contribution in [3.05, 3.63) is 34.9 Å². The van der Waals surface area contributed by atoms with Crippen molar-refractivity contribution in [1.29, 1.82) is 0 Å². The van der Waals surface area contributed by atoms with Crippen molar-refractivity contribution in [2.24, 2.45) is 0 Å². The number of methoxy groups -OCH3 is 1. The first-order chi connectivity index (χ1) is 14.0. The summed E-state index contributed by atoms with van der Waals surface area (Å²) in [5, 5.41) is 9.28.